The van der Waals surface area contributed by atoms with Crippen molar-refractivity contribution in [3.63, 3.8) is 0 Å². The highest BCUT2D eigenvalue weighted by atomic mass is 35.5. The van der Waals surface area contributed by atoms with E-state index in [1.165, 1.54) is 0 Å². The Balaban J connectivity index is 1.69. The van der Waals surface area contributed by atoms with Gasteiger partial charge in [0.05, 0.1) is 24.5 Å². The molecule has 5 rings (SSSR count). The number of rotatable bonds is 4. The number of halogens is 1. The first-order valence-electron chi connectivity index (χ1n) is 8.95. The van der Waals surface area contributed by atoms with Crippen molar-refractivity contribution in [3.05, 3.63) is 101 Å². The zero-order valence-corrected chi connectivity index (χ0v) is 15.6. The Kier molecular flexibility index (Phi) is 4.02. The maximum Gasteiger partial charge on any atom is 0.273 e. The summed E-state index contributed by atoms with van der Waals surface area (Å²) in [5.41, 5.74) is 3.91. The van der Waals surface area contributed by atoms with Crippen molar-refractivity contribution in [1.29, 1.82) is 0 Å². The Labute approximate surface area is 166 Å². The maximum absolute atomic E-state index is 13.2. The summed E-state index contributed by atoms with van der Waals surface area (Å²) in [5.74, 6) is 0.593. The number of hydrogen-bond acceptors (Lipinski definition) is 3. The molecule has 3 heterocycles. The molecule has 2 aromatic heterocycles. The lowest BCUT2D eigenvalue weighted by Crippen LogP contribution is -2.29. The van der Waals surface area contributed by atoms with Gasteiger partial charge >= 0.3 is 0 Å². The fourth-order valence-corrected chi connectivity index (χ4v) is 4.01. The molecule has 4 aromatic rings. The highest BCUT2D eigenvalue weighted by Crippen LogP contribution is 2.45. The second-order valence-electron chi connectivity index (χ2n) is 6.66. The topological polar surface area (TPSA) is 62.1 Å². The number of H-pyrrole nitrogens is 1. The minimum Gasteiger partial charge on any atom is -0.467 e. The first-order valence-corrected chi connectivity index (χ1v) is 9.33. The van der Waals surface area contributed by atoms with Gasteiger partial charge in [0, 0.05) is 16.1 Å². The van der Waals surface area contributed by atoms with E-state index < -0.39 is 0 Å². The third-order valence-corrected chi connectivity index (χ3v) is 5.36. The van der Waals surface area contributed by atoms with Crippen LogP contribution in [0.5, 0.6) is 0 Å². The van der Waals surface area contributed by atoms with E-state index in [0.29, 0.717) is 23.0 Å². The van der Waals surface area contributed by atoms with Gasteiger partial charge in [-0.05, 0) is 23.8 Å². The van der Waals surface area contributed by atoms with Crippen LogP contribution in [0.25, 0.3) is 11.3 Å². The number of nitrogens with one attached hydrogen (secondary N) is 1. The fraction of sp³-hybridized carbons (Fsp3) is 0.0909. The average molecular weight is 390 g/mol. The minimum atomic E-state index is -0.352. The van der Waals surface area contributed by atoms with Crippen LogP contribution in [0.3, 0.4) is 0 Å². The molecule has 1 N–H and O–H groups in total. The van der Waals surface area contributed by atoms with E-state index in [2.05, 4.69) is 10.2 Å². The van der Waals surface area contributed by atoms with Gasteiger partial charge in [-0.25, -0.2) is 0 Å². The molecule has 1 unspecified atom stereocenters. The number of carbonyl (C=O) groups excluding carboxylic acids is 1. The molecule has 0 fully saturated rings. The molecule has 0 spiro atoms. The number of aromatic amines is 1. The van der Waals surface area contributed by atoms with E-state index in [9.17, 15) is 4.79 Å². The monoisotopic (exact) mass is 389 g/mol. The molecule has 0 saturated carbocycles. The number of amides is 1. The Morgan fingerprint density at radius 3 is 2.57 bits per heavy atom. The molecule has 0 radical (unpaired) electrons. The molecule has 5 nitrogen and oxygen atoms in total. The Morgan fingerprint density at radius 1 is 1.04 bits per heavy atom. The largest absolute Gasteiger partial charge is 0.467 e. The first kappa shape index (κ1) is 16.8. The number of furan rings is 1. The summed E-state index contributed by atoms with van der Waals surface area (Å²) in [6.45, 7) is 0.346. The summed E-state index contributed by atoms with van der Waals surface area (Å²) in [7, 11) is 0. The quantitative estimate of drug-likeness (QED) is 0.530. The summed E-state index contributed by atoms with van der Waals surface area (Å²) in [4.78, 5) is 15.0. The van der Waals surface area contributed by atoms with Crippen LogP contribution < -0.4 is 0 Å². The van der Waals surface area contributed by atoms with Crippen LogP contribution in [0.4, 0.5) is 0 Å². The smallest absolute Gasteiger partial charge is 0.273 e. The average Bonchev–Trinajstić information content (AvgIpc) is 3.43. The molecule has 6 heteroatoms. The number of nitrogens with zero attached hydrogens (tertiary/aromatic N) is 2. The van der Waals surface area contributed by atoms with E-state index in [1.807, 2.05) is 66.7 Å². The molecule has 0 bridgehead atoms. The Bertz CT molecular complexity index is 1140. The van der Waals surface area contributed by atoms with Crippen LogP contribution in [0.15, 0.2) is 77.4 Å². The maximum atomic E-state index is 13.2. The third-order valence-electron chi connectivity index (χ3n) is 5.02. The Morgan fingerprint density at radius 2 is 1.82 bits per heavy atom. The van der Waals surface area contributed by atoms with E-state index in [1.54, 1.807) is 11.2 Å². The van der Waals surface area contributed by atoms with Crippen LogP contribution in [0.2, 0.25) is 5.02 Å². The normalized spacial score (nSPS) is 15.8. The number of aromatic nitrogens is 2. The lowest BCUT2D eigenvalue weighted by Gasteiger charge is -2.26. The molecular formula is C22H16ClN3O2. The zero-order chi connectivity index (χ0) is 19.1. The SMILES string of the molecule is O=C1c2[nH]nc(-c3ccccc3)c2C(c2ccccc2Cl)N1Cc1ccco1. The van der Waals surface area contributed by atoms with Crippen LogP contribution in [-0.4, -0.2) is 21.0 Å². The summed E-state index contributed by atoms with van der Waals surface area (Å²) in [6, 6.07) is 20.8. The molecule has 1 atom stereocenters. The lowest BCUT2D eigenvalue weighted by atomic mass is 9.96. The number of hydrogen-bond donors (Lipinski definition) is 1. The van der Waals surface area contributed by atoms with Gasteiger partial charge in [0.25, 0.3) is 5.91 Å². The number of carbonyl (C=O) groups is 1. The second kappa shape index (κ2) is 6.69. The van der Waals surface area contributed by atoms with Crippen LogP contribution in [0.1, 0.15) is 33.4 Å². The van der Waals surface area contributed by atoms with Crippen molar-refractivity contribution in [2.45, 2.75) is 12.6 Å². The molecule has 0 saturated heterocycles. The van der Waals surface area contributed by atoms with E-state index in [0.717, 1.165) is 22.4 Å². The molecular weight excluding hydrogens is 374 g/mol. The van der Waals surface area contributed by atoms with Gasteiger partial charge in [-0.3, -0.25) is 9.89 Å². The highest BCUT2D eigenvalue weighted by Gasteiger charge is 2.43. The predicted molar refractivity (Wildman–Crippen MR) is 106 cm³/mol. The predicted octanol–water partition coefficient (Wildman–Crippen LogP) is 5.07. The molecule has 2 aromatic carbocycles. The standard InChI is InChI=1S/C22H16ClN3O2/c23-17-11-5-4-10-16(17)21-18-19(14-7-2-1-3-8-14)24-25-20(18)22(27)26(21)13-15-9-6-12-28-15/h1-12,21H,13H2,(H,24,25). The van der Waals surface area contributed by atoms with Crippen LogP contribution in [-0.2, 0) is 6.54 Å². The van der Waals surface area contributed by atoms with Crippen molar-refractivity contribution in [2.24, 2.45) is 0 Å². The van der Waals surface area contributed by atoms with Crippen LogP contribution >= 0.6 is 11.6 Å². The van der Waals surface area contributed by atoms with Gasteiger partial charge in [0.15, 0.2) is 0 Å². The summed E-state index contributed by atoms with van der Waals surface area (Å²) < 4.78 is 5.50. The summed E-state index contributed by atoms with van der Waals surface area (Å²) in [6.07, 6.45) is 1.61. The third kappa shape index (κ3) is 2.63. The summed E-state index contributed by atoms with van der Waals surface area (Å²) >= 11 is 6.54. The summed E-state index contributed by atoms with van der Waals surface area (Å²) in [5, 5.41) is 8.01. The van der Waals surface area contributed by atoms with Gasteiger partial charge in [-0.15, -0.1) is 0 Å². The molecule has 0 aliphatic carbocycles. The number of benzene rings is 2. The van der Waals surface area contributed by atoms with Gasteiger partial charge < -0.3 is 9.32 Å². The van der Waals surface area contributed by atoms with Crippen LogP contribution in [0, 0.1) is 0 Å². The van der Waals surface area contributed by atoms with Gasteiger partial charge in [0.1, 0.15) is 11.5 Å². The molecule has 1 aliphatic heterocycles. The molecule has 1 aliphatic rings. The van der Waals surface area contributed by atoms with Gasteiger partial charge in [0.2, 0.25) is 0 Å². The molecule has 138 valence electrons. The van der Waals surface area contributed by atoms with Crippen molar-refractivity contribution >= 4 is 17.5 Å². The fourth-order valence-electron chi connectivity index (χ4n) is 3.77. The van der Waals surface area contributed by atoms with E-state index >= 15 is 0 Å². The first-order chi connectivity index (χ1) is 13.7. The van der Waals surface area contributed by atoms with E-state index in [-0.39, 0.29) is 11.9 Å². The lowest BCUT2D eigenvalue weighted by molar-refractivity contribution is 0.0717. The van der Waals surface area contributed by atoms with Gasteiger partial charge in [-0.1, -0.05) is 60.1 Å². The van der Waals surface area contributed by atoms with Gasteiger partial charge in [-0.2, -0.15) is 5.10 Å². The van der Waals surface area contributed by atoms with Crippen molar-refractivity contribution in [3.8, 4) is 11.3 Å². The minimum absolute atomic E-state index is 0.119. The molecule has 1 amide bonds. The van der Waals surface area contributed by atoms with Crippen molar-refractivity contribution in [2.75, 3.05) is 0 Å². The Hall–Kier alpha value is -3.31. The highest BCUT2D eigenvalue weighted by molar-refractivity contribution is 6.31. The zero-order valence-electron chi connectivity index (χ0n) is 14.8. The second-order valence-corrected chi connectivity index (χ2v) is 7.07. The van der Waals surface area contributed by atoms with Crippen molar-refractivity contribution in [1.82, 2.24) is 15.1 Å². The van der Waals surface area contributed by atoms with E-state index in [4.69, 9.17) is 16.0 Å². The molecule has 28 heavy (non-hydrogen) atoms. The van der Waals surface area contributed by atoms with Crippen molar-refractivity contribution < 1.29 is 9.21 Å². The number of fused-ring (bicyclic) bond motifs is 1.